The molecule has 4 heteroatoms. The summed E-state index contributed by atoms with van der Waals surface area (Å²) in [5.74, 6) is 0.890. The number of ether oxygens (including phenoxy) is 1. The SMILES string of the molecule is COc1ccc(C=CC23NC(=O)CN2c2ccccc2C3(C)C)cc1. The highest BCUT2D eigenvalue weighted by atomic mass is 16.5. The molecule has 1 saturated heterocycles. The lowest BCUT2D eigenvalue weighted by molar-refractivity contribution is -0.118. The molecule has 0 spiro atoms. The quantitative estimate of drug-likeness (QED) is 0.936. The van der Waals surface area contributed by atoms with Gasteiger partial charge in [0.15, 0.2) is 0 Å². The van der Waals surface area contributed by atoms with E-state index in [2.05, 4.69) is 54.4 Å². The monoisotopic (exact) mass is 334 g/mol. The van der Waals surface area contributed by atoms with Gasteiger partial charge >= 0.3 is 0 Å². The van der Waals surface area contributed by atoms with Gasteiger partial charge in [-0.25, -0.2) is 0 Å². The number of anilines is 1. The van der Waals surface area contributed by atoms with E-state index in [0.717, 1.165) is 17.0 Å². The van der Waals surface area contributed by atoms with E-state index >= 15 is 0 Å². The number of fused-ring (bicyclic) bond motifs is 3. The lowest BCUT2D eigenvalue weighted by Gasteiger charge is -2.40. The number of hydrogen-bond donors (Lipinski definition) is 1. The Morgan fingerprint density at radius 1 is 1.12 bits per heavy atom. The summed E-state index contributed by atoms with van der Waals surface area (Å²) in [6, 6.07) is 16.3. The number of carbonyl (C=O) groups excluding carboxylic acids is 1. The number of nitrogens with zero attached hydrogens (tertiary/aromatic N) is 1. The number of para-hydroxylation sites is 1. The standard InChI is InChI=1S/C21H22N2O2/c1-20(2)17-6-4-5-7-18(17)23-14-19(24)22-21(20,23)13-12-15-8-10-16(25-3)11-9-15/h4-13H,14H2,1-3H3,(H,22,24). The van der Waals surface area contributed by atoms with Gasteiger partial charge in [-0.3, -0.25) is 4.79 Å². The third-order valence-corrected chi connectivity index (χ3v) is 5.51. The molecule has 2 aliphatic heterocycles. The normalized spacial score (nSPS) is 23.5. The van der Waals surface area contributed by atoms with Crippen molar-refractivity contribution in [2.24, 2.45) is 0 Å². The molecule has 2 heterocycles. The van der Waals surface area contributed by atoms with Crippen molar-refractivity contribution in [3.05, 3.63) is 65.7 Å². The summed E-state index contributed by atoms with van der Waals surface area (Å²) in [4.78, 5) is 14.4. The Morgan fingerprint density at radius 3 is 2.56 bits per heavy atom. The van der Waals surface area contributed by atoms with Gasteiger partial charge in [-0.1, -0.05) is 50.3 Å². The molecule has 0 bridgehead atoms. The maximum atomic E-state index is 12.3. The lowest BCUT2D eigenvalue weighted by Crippen LogP contribution is -2.58. The lowest BCUT2D eigenvalue weighted by atomic mass is 9.75. The van der Waals surface area contributed by atoms with Crippen LogP contribution in [0.1, 0.15) is 25.0 Å². The molecule has 4 nitrogen and oxygen atoms in total. The van der Waals surface area contributed by atoms with Gasteiger partial charge in [-0.2, -0.15) is 0 Å². The summed E-state index contributed by atoms with van der Waals surface area (Å²) < 4.78 is 5.22. The Bertz CT molecular complexity index is 854. The minimum Gasteiger partial charge on any atom is -0.497 e. The maximum Gasteiger partial charge on any atom is 0.241 e. The zero-order chi connectivity index (χ0) is 17.7. The third-order valence-electron chi connectivity index (χ3n) is 5.51. The first-order chi connectivity index (χ1) is 12.0. The number of hydrogen-bond acceptors (Lipinski definition) is 3. The van der Waals surface area contributed by atoms with Crippen molar-refractivity contribution in [1.29, 1.82) is 0 Å². The van der Waals surface area contributed by atoms with Gasteiger partial charge in [0.1, 0.15) is 11.4 Å². The average molecular weight is 334 g/mol. The molecule has 0 saturated carbocycles. The predicted molar refractivity (Wildman–Crippen MR) is 99.7 cm³/mol. The predicted octanol–water partition coefficient (Wildman–Crippen LogP) is 3.33. The fourth-order valence-corrected chi connectivity index (χ4v) is 4.07. The molecule has 2 aromatic rings. The molecule has 4 rings (SSSR count). The van der Waals surface area contributed by atoms with Gasteiger partial charge < -0.3 is 15.0 Å². The van der Waals surface area contributed by atoms with Crippen molar-refractivity contribution in [2.75, 3.05) is 18.6 Å². The van der Waals surface area contributed by atoms with Crippen molar-refractivity contribution < 1.29 is 9.53 Å². The molecule has 25 heavy (non-hydrogen) atoms. The zero-order valence-electron chi connectivity index (χ0n) is 14.7. The summed E-state index contributed by atoms with van der Waals surface area (Å²) in [5, 5.41) is 3.23. The van der Waals surface area contributed by atoms with Crippen LogP contribution in [0.4, 0.5) is 5.69 Å². The van der Waals surface area contributed by atoms with Gasteiger partial charge in [0.25, 0.3) is 0 Å². The first-order valence-corrected chi connectivity index (χ1v) is 8.49. The number of benzene rings is 2. The molecular formula is C21H22N2O2. The van der Waals surface area contributed by atoms with Crippen LogP contribution in [0.15, 0.2) is 54.6 Å². The molecule has 1 atom stereocenters. The van der Waals surface area contributed by atoms with Gasteiger partial charge in [-0.05, 0) is 35.4 Å². The van der Waals surface area contributed by atoms with Gasteiger partial charge in [0.05, 0.1) is 13.7 Å². The Kier molecular flexibility index (Phi) is 3.39. The van der Waals surface area contributed by atoms with E-state index in [1.54, 1.807) is 7.11 Å². The zero-order valence-corrected chi connectivity index (χ0v) is 14.7. The second-order valence-corrected chi connectivity index (χ2v) is 7.15. The van der Waals surface area contributed by atoms with Crippen LogP contribution in [0, 0.1) is 0 Å². The highest BCUT2D eigenvalue weighted by Crippen LogP contribution is 2.52. The maximum absolute atomic E-state index is 12.3. The molecule has 128 valence electrons. The summed E-state index contributed by atoms with van der Waals surface area (Å²) in [6.45, 7) is 4.76. The topological polar surface area (TPSA) is 41.6 Å². The first kappa shape index (κ1) is 15.8. The molecular weight excluding hydrogens is 312 g/mol. The van der Waals surface area contributed by atoms with E-state index in [0.29, 0.717) is 6.54 Å². The highest BCUT2D eigenvalue weighted by Gasteiger charge is 2.59. The Morgan fingerprint density at radius 2 is 1.84 bits per heavy atom. The Balaban J connectivity index is 1.78. The fourth-order valence-electron chi connectivity index (χ4n) is 4.07. The van der Waals surface area contributed by atoms with Crippen molar-refractivity contribution in [3.8, 4) is 5.75 Å². The number of methoxy groups -OCH3 is 1. The van der Waals surface area contributed by atoms with Crippen LogP contribution < -0.4 is 15.0 Å². The van der Waals surface area contributed by atoms with E-state index in [4.69, 9.17) is 4.74 Å². The Hall–Kier alpha value is -2.75. The summed E-state index contributed by atoms with van der Waals surface area (Å²) in [7, 11) is 1.66. The Labute approximate surface area is 148 Å². The van der Waals surface area contributed by atoms with Gasteiger partial charge in [-0.15, -0.1) is 0 Å². The molecule has 1 fully saturated rings. The van der Waals surface area contributed by atoms with E-state index in [1.807, 2.05) is 30.3 Å². The number of carbonyl (C=O) groups is 1. The highest BCUT2D eigenvalue weighted by molar-refractivity contribution is 5.91. The summed E-state index contributed by atoms with van der Waals surface area (Å²) in [6.07, 6.45) is 4.20. The molecule has 1 amide bonds. The fraction of sp³-hybridized carbons (Fsp3) is 0.286. The molecule has 0 aromatic heterocycles. The average Bonchev–Trinajstić information content (AvgIpc) is 3.05. The largest absolute Gasteiger partial charge is 0.497 e. The van der Waals surface area contributed by atoms with Crippen LogP contribution in [-0.2, 0) is 10.2 Å². The second-order valence-electron chi connectivity index (χ2n) is 7.15. The van der Waals surface area contributed by atoms with E-state index in [-0.39, 0.29) is 11.3 Å². The minimum absolute atomic E-state index is 0.0574. The third kappa shape index (κ3) is 2.17. The van der Waals surface area contributed by atoms with E-state index < -0.39 is 5.66 Å². The van der Waals surface area contributed by atoms with E-state index in [9.17, 15) is 4.79 Å². The molecule has 2 aromatic carbocycles. The van der Waals surface area contributed by atoms with E-state index in [1.165, 1.54) is 5.56 Å². The van der Waals surface area contributed by atoms with Gasteiger partial charge in [0.2, 0.25) is 5.91 Å². The second kappa shape index (κ2) is 5.38. The smallest absolute Gasteiger partial charge is 0.241 e. The minimum atomic E-state index is -0.548. The molecule has 2 aliphatic rings. The number of rotatable bonds is 3. The first-order valence-electron chi connectivity index (χ1n) is 8.49. The van der Waals surface area contributed by atoms with Crippen LogP contribution >= 0.6 is 0 Å². The summed E-state index contributed by atoms with van der Waals surface area (Å²) >= 11 is 0. The number of nitrogens with one attached hydrogen (secondary N) is 1. The molecule has 0 radical (unpaired) electrons. The molecule has 0 aliphatic carbocycles. The van der Waals surface area contributed by atoms with Gasteiger partial charge in [0, 0.05) is 11.1 Å². The van der Waals surface area contributed by atoms with Crippen molar-refractivity contribution in [3.63, 3.8) is 0 Å². The van der Waals surface area contributed by atoms with Crippen LogP contribution in [0.2, 0.25) is 0 Å². The van der Waals surface area contributed by atoms with Crippen LogP contribution in [0.5, 0.6) is 5.75 Å². The summed E-state index contributed by atoms with van der Waals surface area (Å²) in [5.41, 5.74) is 2.68. The molecule has 1 unspecified atom stereocenters. The van der Waals surface area contributed by atoms with Crippen LogP contribution in [0.25, 0.3) is 6.08 Å². The van der Waals surface area contributed by atoms with Crippen molar-refractivity contribution in [1.82, 2.24) is 5.32 Å². The molecule has 1 N–H and O–H groups in total. The van der Waals surface area contributed by atoms with Crippen LogP contribution in [0.3, 0.4) is 0 Å². The number of amides is 1. The van der Waals surface area contributed by atoms with Crippen molar-refractivity contribution in [2.45, 2.75) is 24.9 Å². The van der Waals surface area contributed by atoms with Crippen molar-refractivity contribution >= 4 is 17.7 Å². The van der Waals surface area contributed by atoms with Crippen LogP contribution in [-0.4, -0.2) is 25.2 Å².